The van der Waals surface area contributed by atoms with Gasteiger partial charge in [-0.1, -0.05) is 49.2 Å². The summed E-state index contributed by atoms with van der Waals surface area (Å²) in [6.45, 7) is 8.64. The molecule has 108 valence electrons. The number of hydrogen-bond donors (Lipinski definition) is 0. The first-order valence-corrected chi connectivity index (χ1v) is 7.73. The van der Waals surface area contributed by atoms with Crippen LogP contribution >= 0.6 is 0 Å². The Balaban J connectivity index is 2.29. The third kappa shape index (κ3) is 2.78. The van der Waals surface area contributed by atoms with Gasteiger partial charge in [0.25, 0.3) is 0 Å². The number of aryl methyl sites for hydroxylation is 2. The van der Waals surface area contributed by atoms with Crippen LogP contribution < -0.4 is 5.59 Å². The summed E-state index contributed by atoms with van der Waals surface area (Å²) >= 11 is 0. The molecule has 0 amide bonds. The number of rotatable bonds is 2. The smallest absolute Gasteiger partial charge is 0.141 e. The lowest BCUT2D eigenvalue weighted by Crippen LogP contribution is -2.09. The molecule has 0 atom stereocenters. The summed E-state index contributed by atoms with van der Waals surface area (Å²) in [5.41, 5.74) is 6.48. The highest BCUT2D eigenvalue weighted by Crippen LogP contribution is 2.29. The monoisotopic (exact) mass is 285 g/mol. The minimum Gasteiger partial charge on any atom is -0.264 e. The number of benzene rings is 2. The van der Waals surface area contributed by atoms with Gasteiger partial charge in [0, 0.05) is 10.9 Å². The fraction of sp³-hybridized carbons (Fsp3) is 0.250. The molecule has 0 spiro atoms. The standard InChI is InChI=1S/C20H20BN/c1-12(2)15-5-6-18-16(10-15)11-19(21)22-20(18)17-8-13(3)7-14(4)9-17/h5-12H,1-4H3. The zero-order chi connectivity index (χ0) is 15.9. The van der Waals surface area contributed by atoms with Crippen molar-refractivity contribution in [3.8, 4) is 11.3 Å². The second kappa shape index (κ2) is 5.60. The average Bonchev–Trinajstić information content (AvgIpc) is 2.44. The molecule has 0 saturated carbocycles. The van der Waals surface area contributed by atoms with Crippen molar-refractivity contribution in [2.75, 3.05) is 0 Å². The highest BCUT2D eigenvalue weighted by atomic mass is 14.7. The van der Waals surface area contributed by atoms with Gasteiger partial charge < -0.3 is 0 Å². The van der Waals surface area contributed by atoms with Crippen LogP contribution in [0.2, 0.25) is 0 Å². The molecule has 0 saturated heterocycles. The van der Waals surface area contributed by atoms with E-state index in [2.05, 4.69) is 69.1 Å². The number of fused-ring (bicyclic) bond motifs is 1. The summed E-state index contributed by atoms with van der Waals surface area (Å²) < 4.78 is 0. The minimum absolute atomic E-state index is 0.503. The largest absolute Gasteiger partial charge is 0.264 e. The molecule has 0 fully saturated rings. The van der Waals surface area contributed by atoms with Gasteiger partial charge in [0.2, 0.25) is 0 Å². The van der Waals surface area contributed by atoms with E-state index in [0.29, 0.717) is 11.5 Å². The molecule has 0 unspecified atom stereocenters. The average molecular weight is 285 g/mol. The van der Waals surface area contributed by atoms with Crippen LogP contribution in [0.4, 0.5) is 0 Å². The van der Waals surface area contributed by atoms with Gasteiger partial charge >= 0.3 is 0 Å². The lowest BCUT2D eigenvalue weighted by molar-refractivity contribution is 0.869. The van der Waals surface area contributed by atoms with Crippen LogP contribution in [0, 0.1) is 13.8 Å². The predicted octanol–water partition coefficient (Wildman–Crippen LogP) is 4.44. The van der Waals surface area contributed by atoms with Crippen molar-refractivity contribution in [1.29, 1.82) is 0 Å². The molecule has 0 N–H and O–H groups in total. The fourth-order valence-corrected chi connectivity index (χ4v) is 2.99. The van der Waals surface area contributed by atoms with Crippen molar-refractivity contribution < 1.29 is 0 Å². The normalized spacial score (nSPS) is 11.3. The number of hydrogen-bond acceptors (Lipinski definition) is 1. The molecule has 3 aromatic rings. The fourth-order valence-electron chi connectivity index (χ4n) is 2.99. The SMILES string of the molecule is [B]c1cc2cc(C(C)C)ccc2c(-c2cc(C)cc(C)c2)n1. The van der Waals surface area contributed by atoms with E-state index in [1.807, 2.05) is 6.07 Å². The molecule has 0 aliphatic rings. The number of nitrogens with zero attached hydrogens (tertiary/aromatic N) is 1. The molecule has 1 heterocycles. The molecule has 22 heavy (non-hydrogen) atoms. The van der Waals surface area contributed by atoms with Crippen LogP contribution in [0.3, 0.4) is 0 Å². The maximum absolute atomic E-state index is 6.05. The maximum Gasteiger partial charge on any atom is 0.141 e. The molecule has 3 rings (SSSR count). The Hall–Kier alpha value is -2.09. The van der Waals surface area contributed by atoms with Gasteiger partial charge in [-0.3, -0.25) is 4.98 Å². The van der Waals surface area contributed by atoms with E-state index in [4.69, 9.17) is 7.85 Å². The van der Waals surface area contributed by atoms with Crippen LogP contribution in [0.1, 0.15) is 36.5 Å². The Morgan fingerprint density at radius 3 is 2.23 bits per heavy atom. The lowest BCUT2D eigenvalue weighted by atomic mass is 9.93. The van der Waals surface area contributed by atoms with Crippen molar-refractivity contribution >= 4 is 24.2 Å². The van der Waals surface area contributed by atoms with Gasteiger partial charge in [-0.15, -0.1) is 0 Å². The van der Waals surface area contributed by atoms with Crippen molar-refractivity contribution in [3.63, 3.8) is 0 Å². The molecule has 2 heteroatoms. The van der Waals surface area contributed by atoms with Gasteiger partial charge in [-0.2, -0.15) is 0 Å². The van der Waals surface area contributed by atoms with Crippen molar-refractivity contribution in [2.24, 2.45) is 0 Å². The van der Waals surface area contributed by atoms with E-state index in [9.17, 15) is 0 Å². The number of pyridine rings is 1. The molecule has 2 radical (unpaired) electrons. The van der Waals surface area contributed by atoms with Crippen LogP contribution in [0.15, 0.2) is 42.5 Å². The van der Waals surface area contributed by atoms with Crippen molar-refractivity contribution in [3.05, 3.63) is 59.2 Å². The quantitative estimate of drug-likeness (QED) is 0.634. The van der Waals surface area contributed by atoms with Crippen LogP contribution in [-0.2, 0) is 0 Å². The predicted molar refractivity (Wildman–Crippen MR) is 96.1 cm³/mol. The van der Waals surface area contributed by atoms with Gasteiger partial charge in [0.15, 0.2) is 0 Å². The zero-order valence-electron chi connectivity index (χ0n) is 13.6. The van der Waals surface area contributed by atoms with E-state index in [0.717, 1.165) is 22.0 Å². The second-order valence-electron chi connectivity index (χ2n) is 6.41. The Labute approximate surface area is 133 Å². The van der Waals surface area contributed by atoms with Crippen LogP contribution in [0.25, 0.3) is 22.0 Å². The van der Waals surface area contributed by atoms with Gasteiger partial charge in [0.1, 0.15) is 7.85 Å². The highest BCUT2D eigenvalue weighted by Gasteiger charge is 2.09. The summed E-state index contributed by atoms with van der Waals surface area (Å²) in [6.07, 6.45) is 0. The Kier molecular flexibility index (Phi) is 3.78. The van der Waals surface area contributed by atoms with Crippen molar-refractivity contribution in [2.45, 2.75) is 33.6 Å². The number of aromatic nitrogens is 1. The summed E-state index contributed by atoms with van der Waals surface area (Å²) in [7, 11) is 6.05. The first-order valence-electron chi connectivity index (χ1n) is 7.73. The summed E-state index contributed by atoms with van der Waals surface area (Å²) in [5, 5.41) is 2.32. The molecule has 1 aromatic heterocycles. The van der Waals surface area contributed by atoms with Crippen LogP contribution in [-0.4, -0.2) is 12.8 Å². The van der Waals surface area contributed by atoms with Crippen molar-refractivity contribution in [1.82, 2.24) is 4.98 Å². The zero-order valence-corrected chi connectivity index (χ0v) is 13.6. The van der Waals surface area contributed by atoms with E-state index in [-0.39, 0.29) is 0 Å². The molecule has 1 nitrogen and oxygen atoms in total. The Morgan fingerprint density at radius 1 is 0.909 bits per heavy atom. The van der Waals surface area contributed by atoms with E-state index < -0.39 is 0 Å². The molecule has 0 bridgehead atoms. The Morgan fingerprint density at radius 2 is 1.59 bits per heavy atom. The van der Waals surface area contributed by atoms with E-state index >= 15 is 0 Å². The van der Waals surface area contributed by atoms with Gasteiger partial charge in [-0.25, -0.2) is 0 Å². The molecular weight excluding hydrogens is 265 g/mol. The minimum atomic E-state index is 0.503. The first-order chi connectivity index (χ1) is 10.4. The maximum atomic E-state index is 6.05. The summed E-state index contributed by atoms with van der Waals surface area (Å²) in [4.78, 5) is 4.61. The molecule has 0 aliphatic carbocycles. The summed E-state index contributed by atoms with van der Waals surface area (Å²) in [5.74, 6) is 0.503. The van der Waals surface area contributed by atoms with Gasteiger partial charge in [0.05, 0.1) is 5.69 Å². The van der Waals surface area contributed by atoms with Crippen LogP contribution in [0.5, 0.6) is 0 Å². The molecule has 0 aliphatic heterocycles. The first kappa shape index (κ1) is 14.8. The third-order valence-corrected chi connectivity index (χ3v) is 4.04. The van der Waals surface area contributed by atoms with Gasteiger partial charge in [-0.05, 0) is 54.5 Å². The highest BCUT2D eigenvalue weighted by molar-refractivity contribution is 6.32. The molecular formula is C20H20BN. The lowest BCUT2D eigenvalue weighted by Gasteiger charge is -2.12. The summed E-state index contributed by atoms with van der Waals surface area (Å²) in [6, 6.07) is 15.1. The van der Waals surface area contributed by atoms with E-state index in [1.165, 1.54) is 16.7 Å². The molecule has 2 aromatic carbocycles. The third-order valence-electron chi connectivity index (χ3n) is 4.04. The Bertz CT molecular complexity index is 829. The van der Waals surface area contributed by atoms with E-state index in [1.54, 1.807) is 0 Å². The second-order valence-corrected chi connectivity index (χ2v) is 6.41. The topological polar surface area (TPSA) is 12.9 Å².